The first kappa shape index (κ1) is 22.5. The number of ether oxygens (including phenoxy) is 2. The van der Waals surface area contributed by atoms with Crippen molar-refractivity contribution in [1.29, 1.82) is 0 Å². The van der Waals surface area contributed by atoms with Crippen LogP contribution in [0.25, 0.3) is 0 Å². The lowest BCUT2D eigenvalue weighted by Gasteiger charge is -2.23. The van der Waals surface area contributed by atoms with Crippen LogP contribution in [0.15, 0.2) is 23.1 Å². The van der Waals surface area contributed by atoms with Gasteiger partial charge in [0.1, 0.15) is 0 Å². The average molecular weight is 408 g/mol. The van der Waals surface area contributed by atoms with Gasteiger partial charge in [0.05, 0.1) is 19.1 Å². The molecule has 1 atom stereocenters. The van der Waals surface area contributed by atoms with Gasteiger partial charge < -0.3 is 20.1 Å². The van der Waals surface area contributed by atoms with Crippen LogP contribution in [-0.2, 0) is 14.8 Å². The molecule has 0 saturated carbocycles. The van der Waals surface area contributed by atoms with Crippen LogP contribution in [0.2, 0.25) is 0 Å². The Kier molecular flexibility index (Phi) is 9.14. The summed E-state index contributed by atoms with van der Waals surface area (Å²) in [5.41, 5.74) is 0. The summed E-state index contributed by atoms with van der Waals surface area (Å²) in [7, 11) is -0.811. The maximum absolute atomic E-state index is 12.3. The summed E-state index contributed by atoms with van der Waals surface area (Å²) >= 11 is 0. The summed E-state index contributed by atoms with van der Waals surface area (Å²) in [5.74, 6) is 0.610. The molecule has 26 heavy (non-hydrogen) atoms. The number of sulfonamides is 1. The topological polar surface area (TPSA) is 106 Å². The van der Waals surface area contributed by atoms with E-state index in [1.807, 2.05) is 0 Å². The minimum atomic E-state index is -3.72. The normalized spacial score (nSPS) is 17.1. The monoisotopic (exact) mass is 407 g/mol. The van der Waals surface area contributed by atoms with E-state index in [0.29, 0.717) is 11.5 Å². The van der Waals surface area contributed by atoms with Gasteiger partial charge in [0, 0.05) is 31.6 Å². The van der Waals surface area contributed by atoms with Crippen LogP contribution >= 0.6 is 12.4 Å². The Morgan fingerprint density at radius 2 is 2.00 bits per heavy atom. The third-order valence-electron chi connectivity index (χ3n) is 3.97. The van der Waals surface area contributed by atoms with Crippen molar-refractivity contribution in [3.05, 3.63) is 18.2 Å². The van der Waals surface area contributed by atoms with Crippen LogP contribution in [-0.4, -0.2) is 54.2 Å². The molecule has 2 rings (SSSR count). The molecule has 1 aromatic carbocycles. The van der Waals surface area contributed by atoms with Gasteiger partial charge in [-0.2, -0.15) is 0 Å². The Bertz CT molecular complexity index is 693. The van der Waals surface area contributed by atoms with Gasteiger partial charge in [-0.3, -0.25) is 4.79 Å². The number of halogens is 1. The van der Waals surface area contributed by atoms with E-state index in [-0.39, 0.29) is 42.2 Å². The Labute approximate surface area is 160 Å². The van der Waals surface area contributed by atoms with Crippen molar-refractivity contribution >= 4 is 28.3 Å². The highest BCUT2D eigenvalue weighted by Crippen LogP contribution is 2.29. The number of rotatable bonds is 8. The maximum atomic E-state index is 12.3. The van der Waals surface area contributed by atoms with Crippen LogP contribution in [0.3, 0.4) is 0 Å². The van der Waals surface area contributed by atoms with Crippen LogP contribution in [0.4, 0.5) is 0 Å². The number of piperidine rings is 1. The van der Waals surface area contributed by atoms with Gasteiger partial charge in [0.25, 0.3) is 0 Å². The molecule has 10 heteroatoms. The lowest BCUT2D eigenvalue weighted by Crippen LogP contribution is -2.46. The zero-order chi connectivity index (χ0) is 18.3. The number of benzene rings is 1. The molecule has 3 N–H and O–H groups in total. The summed E-state index contributed by atoms with van der Waals surface area (Å²) in [6, 6.07) is 4.45. The second-order valence-corrected chi connectivity index (χ2v) is 7.54. The third kappa shape index (κ3) is 6.31. The number of amides is 1. The van der Waals surface area contributed by atoms with Crippen molar-refractivity contribution in [2.45, 2.75) is 30.2 Å². The molecule has 1 aromatic rings. The second-order valence-electron chi connectivity index (χ2n) is 5.78. The summed E-state index contributed by atoms with van der Waals surface area (Å²) in [6.45, 7) is 1.75. The largest absolute Gasteiger partial charge is 0.493 e. The molecule has 1 fully saturated rings. The highest BCUT2D eigenvalue weighted by atomic mass is 35.5. The van der Waals surface area contributed by atoms with E-state index in [0.717, 1.165) is 25.9 Å². The van der Waals surface area contributed by atoms with Gasteiger partial charge >= 0.3 is 0 Å². The lowest BCUT2D eigenvalue weighted by atomic mass is 10.1. The summed E-state index contributed by atoms with van der Waals surface area (Å²) < 4.78 is 37.3. The van der Waals surface area contributed by atoms with Crippen molar-refractivity contribution < 1.29 is 22.7 Å². The fourth-order valence-electron chi connectivity index (χ4n) is 2.64. The minimum absolute atomic E-state index is 0. The molecule has 1 amide bonds. The van der Waals surface area contributed by atoms with E-state index in [9.17, 15) is 13.2 Å². The molecule has 0 aromatic heterocycles. The van der Waals surface area contributed by atoms with Crippen molar-refractivity contribution in [3.8, 4) is 11.5 Å². The first-order chi connectivity index (χ1) is 12.0. The molecule has 0 unspecified atom stereocenters. The number of nitrogens with one attached hydrogen (secondary N) is 3. The summed E-state index contributed by atoms with van der Waals surface area (Å²) in [4.78, 5) is 12.0. The molecule has 0 aliphatic carbocycles. The summed E-state index contributed by atoms with van der Waals surface area (Å²) in [6.07, 6.45) is 2.05. The molecule has 0 spiro atoms. The smallest absolute Gasteiger partial charge is 0.240 e. The molecular formula is C16H26ClN3O5S. The second kappa shape index (κ2) is 10.6. The number of carbonyl (C=O) groups is 1. The van der Waals surface area contributed by atoms with Gasteiger partial charge in [-0.1, -0.05) is 0 Å². The Hall–Kier alpha value is -1.55. The van der Waals surface area contributed by atoms with Gasteiger partial charge in [0.15, 0.2) is 11.5 Å². The van der Waals surface area contributed by atoms with Crippen molar-refractivity contribution in [3.63, 3.8) is 0 Å². The zero-order valence-corrected chi connectivity index (χ0v) is 16.5. The molecule has 1 aliphatic heterocycles. The van der Waals surface area contributed by atoms with Crippen molar-refractivity contribution in [2.24, 2.45) is 0 Å². The molecule has 0 radical (unpaired) electrons. The molecule has 1 heterocycles. The van der Waals surface area contributed by atoms with E-state index < -0.39 is 10.0 Å². The Morgan fingerprint density at radius 1 is 1.27 bits per heavy atom. The number of hydrogen-bond acceptors (Lipinski definition) is 6. The lowest BCUT2D eigenvalue weighted by molar-refractivity contribution is -0.121. The van der Waals surface area contributed by atoms with Gasteiger partial charge in [-0.25, -0.2) is 13.1 Å². The number of methoxy groups -OCH3 is 2. The van der Waals surface area contributed by atoms with Gasteiger partial charge in [-0.15, -0.1) is 12.4 Å². The van der Waals surface area contributed by atoms with Crippen molar-refractivity contribution in [1.82, 2.24) is 15.4 Å². The first-order valence-corrected chi connectivity index (χ1v) is 9.66. The van der Waals surface area contributed by atoms with Crippen LogP contribution in [0.5, 0.6) is 11.5 Å². The number of hydrogen-bond donors (Lipinski definition) is 3. The molecule has 148 valence electrons. The van der Waals surface area contributed by atoms with Crippen LogP contribution < -0.4 is 24.8 Å². The van der Waals surface area contributed by atoms with E-state index in [1.165, 1.54) is 32.4 Å². The fraction of sp³-hybridized carbons (Fsp3) is 0.562. The van der Waals surface area contributed by atoms with Gasteiger partial charge in [-0.05, 0) is 31.5 Å². The third-order valence-corrected chi connectivity index (χ3v) is 5.43. The van der Waals surface area contributed by atoms with Gasteiger partial charge in [0.2, 0.25) is 15.9 Å². The summed E-state index contributed by atoms with van der Waals surface area (Å²) in [5, 5.41) is 6.12. The average Bonchev–Trinajstić information content (AvgIpc) is 2.61. The SMILES string of the molecule is COc1ccc(S(=O)(=O)NCCC(=O)N[C@H]2CCCNC2)cc1OC.Cl. The predicted octanol–water partition coefficient (Wildman–Crippen LogP) is 0.662. The molecule has 0 bridgehead atoms. The van der Waals surface area contributed by atoms with E-state index in [1.54, 1.807) is 0 Å². The van der Waals surface area contributed by atoms with E-state index in [2.05, 4.69) is 15.4 Å². The van der Waals surface area contributed by atoms with E-state index >= 15 is 0 Å². The molecular weight excluding hydrogens is 382 g/mol. The minimum Gasteiger partial charge on any atom is -0.493 e. The van der Waals surface area contributed by atoms with E-state index in [4.69, 9.17) is 9.47 Å². The predicted molar refractivity (Wildman–Crippen MR) is 101 cm³/mol. The highest BCUT2D eigenvalue weighted by Gasteiger charge is 2.18. The Balaban J connectivity index is 0.00000338. The van der Waals surface area contributed by atoms with Crippen molar-refractivity contribution in [2.75, 3.05) is 33.9 Å². The maximum Gasteiger partial charge on any atom is 0.240 e. The van der Waals surface area contributed by atoms with Crippen LogP contribution in [0.1, 0.15) is 19.3 Å². The van der Waals surface area contributed by atoms with Crippen LogP contribution in [0, 0.1) is 0 Å². The molecule has 1 aliphatic rings. The Morgan fingerprint density at radius 3 is 2.62 bits per heavy atom. The first-order valence-electron chi connectivity index (χ1n) is 8.18. The fourth-order valence-corrected chi connectivity index (χ4v) is 3.69. The quantitative estimate of drug-likeness (QED) is 0.584. The number of carbonyl (C=O) groups excluding carboxylic acids is 1. The highest BCUT2D eigenvalue weighted by molar-refractivity contribution is 7.89. The molecule has 1 saturated heterocycles. The molecule has 8 nitrogen and oxygen atoms in total. The zero-order valence-electron chi connectivity index (χ0n) is 14.9. The standard InChI is InChI=1S/C16H25N3O5S.ClH/c1-23-14-6-5-13(10-15(14)24-2)25(21,22)18-9-7-16(20)19-12-4-3-8-17-11-12;/h5-6,10,12,17-18H,3-4,7-9,11H2,1-2H3,(H,19,20);1H/t12-;/m0./s1.